The molecule has 0 spiro atoms. The van der Waals surface area contributed by atoms with Crippen molar-refractivity contribution in [3.63, 3.8) is 0 Å². The summed E-state index contributed by atoms with van der Waals surface area (Å²) >= 11 is 0. The van der Waals surface area contributed by atoms with Gasteiger partial charge in [0.1, 0.15) is 6.54 Å². The van der Waals surface area contributed by atoms with Crippen molar-refractivity contribution >= 4 is 34.6 Å². The number of carbonyl (C=O) groups excluding carboxylic acids is 1. The Hall–Kier alpha value is -3.24. The van der Waals surface area contributed by atoms with Crippen LogP contribution in [-0.4, -0.2) is 55.8 Å². The number of rotatable bonds is 12. The van der Waals surface area contributed by atoms with E-state index in [4.69, 9.17) is 19.4 Å². The third-order valence-corrected chi connectivity index (χ3v) is 5.08. The van der Waals surface area contributed by atoms with Crippen molar-refractivity contribution in [1.82, 2.24) is 19.5 Å². The van der Waals surface area contributed by atoms with E-state index in [1.165, 1.54) is 0 Å². The molecule has 10 heteroatoms. The maximum Gasteiger partial charge on any atom is 0.326 e. The first-order valence-corrected chi connectivity index (χ1v) is 12.0. The van der Waals surface area contributed by atoms with Crippen LogP contribution in [0.25, 0.3) is 11.2 Å². The van der Waals surface area contributed by atoms with Gasteiger partial charge in [-0.05, 0) is 46.2 Å². The maximum absolute atomic E-state index is 12.2. The molecular formula is C25H36N6O4. The lowest BCUT2D eigenvalue weighted by molar-refractivity contribution is -0.165. The van der Waals surface area contributed by atoms with Crippen LogP contribution in [0.2, 0.25) is 0 Å². The van der Waals surface area contributed by atoms with Crippen LogP contribution in [0.1, 0.15) is 53.9 Å². The van der Waals surface area contributed by atoms with Gasteiger partial charge in [-0.2, -0.15) is 9.97 Å². The molecule has 1 unspecified atom stereocenters. The van der Waals surface area contributed by atoms with Crippen molar-refractivity contribution in [2.75, 3.05) is 23.4 Å². The number of nitrogens with one attached hydrogen (secondary N) is 1. The van der Waals surface area contributed by atoms with Crippen LogP contribution in [0.15, 0.2) is 36.7 Å². The number of unbranched alkanes of at least 4 members (excludes halogenated alkanes) is 2. The van der Waals surface area contributed by atoms with Crippen LogP contribution in [0, 0.1) is 0 Å². The molecule has 0 aliphatic carbocycles. The molecule has 0 aliphatic rings. The molecule has 3 aromatic rings. The fourth-order valence-electron chi connectivity index (χ4n) is 3.49. The van der Waals surface area contributed by atoms with E-state index in [2.05, 4.69) is 17.2 Å². The zero-order chi connectivity index (χ0) is 25.4. The molecule has 1 aromatic carbocycles. The summed E-state index contributed by atoms with van der Waals surface area (Å²) in [4.78, 5) is 27.7. The van der Waals surface area contributed by atoms with E-state index in [1.807, 2.05) is 51.1 Å². The normalized spacial score (nSPS) is 12.5. The molecule has 0 bridgehead atoms. The number of esters is 1. The van der Waals surface area contributed by atoms with Gasteiger partial charge in [0.05, 0.1) is 18.5 Å². The van der Waals surface area contributed by atoms with Gasteiger partial charge in [0, 0.05) is 12.2 Å². The smallest absolute Gasteiger partial charge is 0.326 e. The summed E-state index contributed by atoms with van der Waals surface area (Å²) in [6.45, 7) is 10.2. The van der Waals surface area contributed by atoms with Crippen molar-refractivity contribution in [3.05, 3.63) is 36.7 Å². The predicted octanol–water partition coefficient (Wildman–Crippen LogP) is 4.22. The third kappa shape index (κ3) is 7.37. The van der Waals surface area contributed by atoms with Gasteiger partial charge < -0.3 is 24.5 Å². The number of hydrogen-bond acceptors (Lipinski definition) is 9. The fraction of sp³-hybridized carbons (Fsp3) is 0.520. The molecule has 0 radical (unpaired) electrons. The first-order valence-electron chi connectivity index (χ1n) is 12.0. The van der Waals surface area contributed by atoms with E-state index in [0.717, 1.165) is 24.9 Å². The summed E-state index contributed by atoms with van der Waals surface area (Å²) in [6, 6.07) is 9.59. The van der Waals surface area contributed by atoms with Gasteiger partial charge in [-0.15, -0.1) is 0 Å². The standard InChI is InChI=1S/C25H36N6O4/c1-6-8-12-15-31(24(33)35-25(3,4)5)23-28-21(27-18-13-10-9-11-14-18)20-22(29-23)30(17-26-20)16-19(32)34-7-2/h9-11,13-14,17,24,33H,6-8,12,15-16H2,1-5H3,(H,27,28,29). The Balaban J connectivity index is 2.08. The second-order valence-electron chi connectivity index (χ2n) is 9.17. The quantitative estimate of drug-likeness (QED) is 0.221. The molecule has 190 valence electrons. The number of nitrogens with zero attached hydrogens (tertiary/aromatic N) is 5. The average molecular weight is 485 g/mol. The number of aliphatic hydroxyl groups excluding tert-OH is 1. The Morgan fingerprint density at radius 3 is 2.57 bits per heavy atom. The van der Waals surface area contributed by atoms with Gasteiger partial charge in [-0.3, -0.25) is 9.69 Å². The number of aliphatic hydroxyl groups is 1. The lowest BCUT2D eigenvalue weighted by Crippen LogP contribution is -2.43. The Kier molecular flexibility index (Phi) is 9.00. The molecular weight excluding hydrogens is 448 g/mol. The molecule has 0 amide bonds. The number of aromatic nitrogens is 4. The largest absolute Gasteiger partial charge is 0.465 e. The summed E-state index contributed by atoms with van der Waals surface area (Å²) in [5.41, 5.74) is 1.19. The van der Waals surface area contributed by atoms with Crippen molar-refractivity contribution in [1.29, 1.82) is 0 Å². The van der Waals surface area contributed by atoms with E-state index >= 15 is 0 Å². The van der Waals surface area contributed by atoms with Crippen LogP contribution < -0.4 is 10.2 Å². The van der Waals surface area contributed by atoms with Crippen LogP contribution in [-0.2, 0) is 20.8 Å². The minimum absolute atomic E-state index is 0.0392. The van der Waals surface area contributed by atoms with Crippen LogP contribution in [0.3, 0.4) is 0 Å². The maximum atomic E-state index is 12.2. The van der Waals surface area contributed by atoms with E-state index in [-0.39, 0.29) is 25.1 Å². The van der Waals surface area contributed by atoms with Crippen molar-refractivity contribution in [2.45, 2.75) is 72.4 Å². The highest BCUT2D eigenvalue weighted by Crippen LogP contribution is 2.27. The van der Waals surface area contributed by atoms with Gasteiger partial charge in [-0.25, -0.2) is 4.98 Å². The highest BCUT2D eigenvalue weighted by Gasteiger charge is 2.27. The average Bonchev–Trinajstić information content (AvgIpc) is 3.19. The molecule has 2 aromatic heterocycles. The molecule has 0 aliphatic heterocycles. The summed E-state index contributed by atoms with van der Waals surface area (Å²) in [6.07, 6.45) is 3.12. The van der Waals surface area contributed by atoms with E-state index in [0.29, 0.717) is 23.5 Å². The van der Waals surface area contributed by atoms with Crippen LogP contribution >= 0.6 is 0 Å². The van der Waals surface area contributed by atoms with Crippen molar-refractivity contribution in [3.8, 4) is 0 Å². The molecule has 3 rings (SSSR count). The van der Waals surface area contributed by atoms with Gasteiger partial charge >= 0.3 is 5.97 Å². The van der Waals surface area contributed by atoms with Gasteiger partial charge in [-0.1, -0.05) is 38.0 Å². The Morgan fingerprint density at radius 2 is 1.91 bits per heavy atom. The van der Waals surface area contributed by atoms with Crippen LogP contribution in [0.5, 0.6) is 0 Å². The Morgan fingerprint density at radius 1 is 1.17 bits per heavy atom. The number of para-hydroxylation sites is 1. The molecule has 1 atom stereocenters. The van der Waals surface area contributed by atoms with Gasteiger partial charge in [0.2, 0.25) is 12.4 Å². The third-order valence-electron chi connectivity index (χ3n) is 5.08. The highest BCUT2D eigenvalue weighted by atomic mass is 16.6. The van der Waals surface area contributed by atoms with Gasteiger partial charge in [0.15, 0.2) is 17.0 Å². The number of hydrogen-bond donors (Lipinski definition) is 2. The Bertz CT molecular complexity index is 1100. The topological polar surface area (TPSA) is 115 Å². The van der Waals surface area contributed by atoms with Crippen molar-refractivity contribution < 1.29 is 19.4 Å². The first-order chi connectivity index (χ1) is 16.7. The fourth-order valence-corrected chi connectivity index (χ4v) is 3.49. The highest BCUT2D eigenvalue weighted by molar-refractivity contribution is 5.87. The SMILES string of the molecule is CCCCCN(c1nc(Nc2ccccc2)c2ncn(CC(=O)OCC)c2n1)C(O)OC(C)(C)C. The first kappa shape index (κ1) is 26.4. The van der Waals surface area contributed by atoms with E-state index < -0.39 is 12.0 Å². The van der Waals surface area contributed by atoms with E-state index in [9.17, 15) is 9.90 Å². The molecule has 10 nitrogen and oxygen atoms in total. The molecule has 35 heavy (non-hydrogen) atoms. The predicted molar refractivity (Wildman–Crippen MR) is 135 cm³/mol. The summed E-state index contributed by atoms with van der Waals surface area (Å²) in [5.74, 6) is 0.345. The number of fused-ring (bicyclic) bond motifs is 1. The molecule has 0 saturated carbocycles. The number of benzene rings is 1. The summed E-state index contributed by atoms with van der Waals surface area (Å²) < 4.78 is 12.6. The molecule has 2 N–H and O–H groups in total. The zero-order valence-corrected chi connectivity index (χ0v) is 21.2. The van der Waals surface area contributed by atoms with Gasteiger partial charge in [0.25, 0.3) is 0 Å². The summed E-state index contributed by atoms with van der Waals surface area (Å²) in [5, 5.41) is 14.3. The Labute approximate surface area is 206 Å². The summed E-state index contributed by atoms with van der Waals surface area (Å²) in [7, 11) is 0. The monoisotopic (exact) mass is 484 g/mol. The lowest BCUT2D eigenvalue weighted by Gasteiger charge is -2.32. The number of anilines is 3. The second-order valence-corrected chi connectivity index (χ2v) is 9.17. The minimum Gasteiger partial charge on any atom is -0.465 e. The number of imidazole rings is 1. The molecule has 0 fully saturated rings. The van der Waals surface area contributed by atoms with Crippen LogP contribution in [0.4, 0.5) is 17.5 Å². The second kappa shape index (κ2) is 11.9. The molecule has 2 heterocycles. The van der Waals surface area contributed by atoms with E-state index in [1.54, 1.807) is 22.7 Å². The zero-order valence-electron chi connectivity index (χ0n) is 21.2. The number of ether oxygens (including phenoxy) is 2. The number of carbonyl (C=O) groups is 1. The van der Waals surface area contributed by atoms with Crippen molar-refractivity contribution in [2.24, 2.45) is 0 Å². The lowest BCUT2D eigenvalue weighted by atomic mass is 10.2. The minimum atomic E-state index is -1.25. The molecule has 0 saturated heterocycles.